The van der Waals surface area contributed by atoms with Crippen molar-refractivity contribution in [2.24, 2.45) is 11.8 Å². The van der Waals surface area contributed by atoms with Gasteiger partial charge in [0.1, 0.15) is 12.1 Å². The van der Waals surface area contributed by atoms with Gasteiger partial charge in [-0.15, -0.1) is 0 Å². The summed E-state index contributed by atoms with van der Waals surface area (Å²) in [5.74, 6) is -3.68. The van der Waals surface area contributed by atoms with Crippen molar-refractivity contribution in [1.82, 2.24) is 5.32 Å². The number of benzene rings is 3. The number of imide groups is 1. The van der Waals surface area contributed by atoms with Crippen molar-refractivity contribution in [3.05, 3.63) is 95.0 Å². The van der Waals surface area contributed by atoms with E-state index in [4.69, 9.17) is 16.3 Å². The average molecular weight is 544 g/mol. The molecule has 0 saturated carbocycles. The SMILES string of the molecule is CCOC(=O)CN1C(=O)[C@@]2(N[C@@H](Cc3ccccc3)[C@H]3C(=O)N(c4cccc(Cl)c4)C(=O)[C@@H]32)c2ccccc21. The lowest BCUT2D eigenvalue weighted by atomic mass is 9.76. The summed E-state index contributed by atoms with van der Waals surface area (Å²) in [6.45, 7) is 1.58. The van der Waals surface area contributed by atoms with Crippen molar-refractivity contribution >= 4 is 46.7 Å². The Morgan fingerprint density at radius 1 is 0.974 bits per heavy atom. The van der Waals surface area contributed by atoms with Crippen LogP contribution in [0, 0.1) is 11.8 Å². The third-order valence-electron chi connectivity index (χ3n) is 7.82. The lowest BCUT2D eigenvalue weighted by Crippen LogP contribution is -2.56. The fourth-order valence-corrected chi connectivity index (χ4v) is 6.54. The van der Waals surface area contributed by atoms with E-state index in [0.29, 0.717) is 28.4 Å². The minimum Gasteiger partial charge on any atom is -0.465 e. The average Bonchev–Trinajstić information content (AvgIpc) is 3.48. The largest absolute Gasteiger partial charge is 0.465 e. The van der Waals surface area contributed by atoms with Gasteiger partial charge in [0.2, 0.25) is 11.8 Å². The predicted molar refractivity (Wildman–Crippen MR) is 145 cm³/mol. The summed E-state index contributed by atoms with van der Waals surface area (Å²) in [6, 6.07) is 22.8. The van der Waals surface area contributed by atoms with E-state index in [2.05, 4.69) is 5.32 Å². The van der Waals surface area contributed by atoms with Crippen molar-refractivity contribution in [1.29, 1.82) is 0 Å². The zero-order valence-corrected chi connectivity index (χ0v) is 21.9. The normalized spacial score (nSPS) is 25.4. The number of nitrogens with one attached hydrogen (secondary N) is 1. The predicted octanol–water partition coefficient (Wildman–Crippen LogP) is 3.47. The maximum Gasteiger partial charge on any atom is 0.326 e. The van der Waals surface area contributed by atoms with Crippen LogP contribution in [0.15, 0.2) is 78.9 Å². The quantitative estimate of drug-likeness (QED) is 0.378. The van der Waals surface area contributed by atoms with Crippen LogP contribution in [0.25, 0.3) is 0 Å². The zero-order chi connectivity index (χ0) is 27.3. The molecule has 2 fully saturated rings. The second-order valence-electron chi connectivity index (χ2n) is 9.96. The van der Waals surface area contributed by atoms with Crippen LogP contribution in [0.1, 0.15) is 18.1 Å². The molecule has 198 valence electrons. The molecule has 9 heteroatoms. The number of carbonyl (C=O) groups excluding carboxylic acids is 4. The highest BCUT2D eigenvalue weighted by Gasteiger charge is 2.71. The minimum atomic E-state index is -1.52. The first-order valence-electron chi connectivity index (χ1n) is 12.9. The van der Waals surface area contributed by atoms with Gasteiger partial charge < -0.3 is 4.74 Å². The molecule has 3 heterocycles. The Balaban J connectivity index is 1.49. The Morgan fingerprint density at radius 3 is 2.46 bits per heavy atom. The summed E-state index contributed by atoms with van der Waals surface area (Å²) in [7, 11) is 0. The molecule has 0 aromatic heterocycles. The molecule has 2 saturated heterocycles. The van der Waals surface area contributed by atoms with Crippen LogP contribution in [0.2, 0.25) is 5.02 Å². The molecule has 0 unspecified atom stereocenters. The van der Waals surface area contributed by atoms with Crippen molar-refractivity contribution < 1.29 is 23.9 Å². The monoisotopic (exact) mass is 543 g/mol. The highest BCUT2D eigenvalue weighted by Crippen LogP contribution is 2.55. The Kier molecular flexibility index (Phi) is 6.24. The maximum atomic E-state index is 14.4. The first kappa shape index (κ1) is 25.3. The van der Waals surface area contributed by atoms with Gasteiger partial charge in [0.25, 0.3) is 5.91 Å². The number of esters is 1. The van der Waals surface area contributed by atoms with Gasteiger partial charge in [-0.3, -0.25) is 29.4 Å². The fraction of sp³-hybridized carbons (Fsp3) is 0.267. The van der Waals surface area contributed by atoms with Crippen LogP contribution in [0.3, 0.4) is 0 Å². The summed E-state index contributed by atoms with van der Waals surface area (Å²) in [5.41, 5.74) is 0.896. The molecule has 6 rings (SSSR count). The lowest BCUT2D eigenvalue weighted by molar-refractivity contribution is -0.142. The number of rotatable bonds is 6. The second-order valence-corrected chi connectivity index (χ2v) is 10.4. The van der Waals surface area contributed by atoms with Crippen LogP contribution in [-0.2, 0) is 35.9 Å². The van der Waals surface area contributed by atoms with Gasteiger partial charge in [0, 0.05) is 22.3 Å². The Bertz CT molecular complexity index is 1490. The molecule has 3 aliphatic heterocycles. The van der Waals surface area contributed by atoms with Crippen molar-refractivity contribution in [3.8, 4) is 0 Å². The van der Waals surface area contributed by atoms with Gasteiger partial charge >= 0.3 is 5.97 Å². The van der Waals surface area contributed by atoms with Gasteiger partial charge in [-0.2, -0.15) is 0 Å². The fourth-order valence-electron chi connectivity index (χ4n) is 6.35. The van der Waals surface area contributed by atoms with Crippen LogP contribution >= 0.6 is 11.6 Å². The Morgan fingerprint density at radius 2 is 1.72 bits per heavy atom. The third-order valence-corrected chi connectivity index (χ3v) is 8.06. The molecule has 4 atom stereocenters. The van der Waals surface area contributed by atoms with Crippen LogP contribution in [-0.4, -0.2) is 42.9 Å². The van der Waals surface area contributed by atoms with Crippen molar-refractivity contribution in [2.45, 2.75) is 24.9 Å². The molecular weight excluding hydrogens is 518 g/mol. The van der Waals surface area contributed by atoms with E-state index >= 15 is 0 Å². The topological polar surface area (TPSA) is 96.0 Å². The molecule has 0 bridgehead atoms. The van der Waals surface area contributed by atoms with Crippen LogP contribution < -0.4 is 15.1 Å². The number of carbonyl (C=O) groups is 4. The third kappa shape index (κ3) is 3.85. The smallest absolute Gasteiger partial charge is 0.326 e. The highest BCUT2D eigenvalue weighted by molar-refractivity contribution is 6.31. The van der Waals surface area contributed by atoms with E-state index in [1.807, 2.05) is 30.3 Å². The second kappa shape index (κ2) is 9.63. The summed E-state index contributed by atoms with van der Waals surface area (Å²) in [6.07, 6.45) is 0.430. The van der Waals surface area contributed by atoms with E-state index in [1.54, 1.807) is 55.5 Å². The van der Waals surface area contributed by atoms with E-state index in [0.717, 1.165) is 10.5 Å². The molecule has 1 spiro atoms. The number of anilines is 2. The molecular formula is C30H26ClN3O5. The summed E-state index contributed by atoms with van der Waals surface area (Å²) < 4.78 is 5.13. The van der Waals surface area contributed by atoms with Crippen LogP contribution in [0.5, 0.6) is 0 Å². The molecule has 3 aliphatic rings. The number of para-hydroxylation sites is 1. The van der Waals surface area contributed by atoms with Gasteiger partial charge in [-0.25, -0.2) is 4.90 Å². The molecule has 39 heavy (non-hydrogen) atoms. The molecule has 3 aromatic carbocycles. The summed E-state index contributed by atoms with van der Waals surface area (Å²) in [5, 5.41) is 3.86. The van der Waals surface area contributed by atoms with E-state index in [9.17, 15) is 19.2 Å². The molecule has 8 nitrogen and oxygen atoms in total. The summed E-state index contributed by atoms with van der Waals surface area (Å²) in [4.78, 5) is 57.6. The van der Waals surface area contributed by atoms with E-state index < -0.39 is 41.2 Å². The Hall–Kier alpha value is -4.01. The van der Waals surface area contributed by atoms with Crippen molar-refractivity contribution in [3.63, 3.8) is 0 Å². The number of ether oxygens (including phenoxy) is 1. The highest BCUT2D eigenvalue weighted by atomic mass is 35.5. The number of nitrogens with zero attached hydrogens (tertiary/aromatic N) is 2. The van der Waals surface area contributed by atoms with E-state index in [1.165, 1.54) is 4.90 Å². The number of hydrogen-bond acceptors (Lipinski definition) is 6. The van der Waals surface area contributed by atoms with Gasteiger partial charge in [0.15, 0.2) is 0 Å². The molecule has 1 N–H and O–H groups in total. The minimum absolute atomic E-state index is 0.178. The molecule has 0 aliphatic carbocycles. The van der Waals surface area contributed by atoms with Crippen molar-refractivity contribution in [2.75, 3.05) is 23.0 Å². The molecule has 0 radical (unpaired) electrons. The van der Waals surface area contributed by atoms with E-state index in [-0.39, 0.29) is 19.1 Å². The first-order valence-corrected chi connectivity index (χ1v) is 13.3. The number of halogens is 1. The number of hydrogen-bond donors (Lipinski definition) is 1. The van der Waals surface area contributed by atoms with Crippen LogP contribution in [0.4, 0.5) is 11.4 Å². The molecule has 3 amide bonds. The first-order chi connectivity index (χ1) is 18.9. The number of amides is 3. The van der Waals surface area contributed by atoms with Gasteiger partial charge in [0.05, 0.1) is 24.1 Å². The summed E-state index contributed by atoms with van der Waals surface area (Å²) >= 11 is 6.21. The lowest BCUT2D eigenvalue weighted by Gasteiger charge is -2.30. The van der Waals surface area contributed by atoms with Gasteiger partial charge in [-0.05, 0) is 43.2 Å². The van der Waals surface area contributed by atoms with Gasteiger partial charge in [-0.1, -0.05) is 66.2 Å². The number of fused-ring (bicyclic) bond motifs is 4. The zero-order valence-electron chi connectivity index (χ0n) is 21.2. The molecule has 3 aromatic rings. The standard InChI is InChI=1S/C30H26ClN3O5/c1-2-39-24(35)17-33-23-14-7-6-13-21(23)30(29(33)38)26-25(22(32-30)15-18-9-4-3-5-10-18)27(36)34(28(26)37)20-12-8-11-19(31)16-20/h3-14,16,22,25-26,32H,2,15,17H2,1H3/t22-,25+,26+,30+/m0/s1. The maximum absolute atomic E-state index is 14.4. The Labute approximate surface area is 230 Å².